The monoisotopic (exact) mass is 577 g/mol. The molecule has 2 aromatic heterocycles. The number of amides is 2. The molecule has 0 saturated heterocycles. The van der Waals surface area contributed by atoms with Crippen LogP contribution in [0, 0.1) is 0 Å². The van der Waals surface area contributed by atoms with Crippen molar-refractivity contribution >= 4 is 18.0 Å². The number of H-pyrrole nitrogens is 1. The Morgan fingerprint density at radius 2 is 1.86 bits per heavy atom. The van der Waals surface area contributed by atoms with E-state index < -0.39 is 23.7 Å². The summed E-state index contributed by atoms with van der Waals surface area (Å²) in [5, 5.41) is 11.4. The van der Waals surface area contributed by atoms with Gasteiger partial charge in [-0.25, -0.2) is 9.97 Å². The van der Waals surface area contributed by atoms with Gasteiger partial charge in [-0.05, 0) is 62.0 Å². The standard InChI is InChI=1S/C30H33F2N7O3/c1-30(31,32)29-36-27(37-38-29)21-8-11-24(12-9-21)35-28(41)25(34-19-40)17-20-6-4-7-22(16-20)23-10-13-26(33-18-23)42-15-5-14-39(2)3/h4,6-13,16,18-19,25H,5,14-15,17H2,1-3H3,(H,34,40)(H,35,41)(H,36,37,38)/t25-/m0/s1. The summed E-state index contributed by atoms with van der Waals surface area (Å²) in [7, 11) is 4.03. The zero-order valence-electron chi connectivity index (χ0n) is 23.6. The summed E-state index contributed by atoms with van der Waals surface area (Å²) in [6.45, 7) is 2.25. The topological polar surface area (TPSA) is 125 Å². The molecule has 0 bridgehead atoms. The summed E-state index contributed by atoms with van der Waals surface area (Å²) in [4.78, 5) is 34.7. The zero-order chi connectivity index (χ0) is 30.1. The molecule has 0 unspecified atom stereocenters. The number of benzene rings is 2. The lowest BCUT2D eigenvalue weighted by Gasteiger charge is -2.17. The highest BCUT2D eigenvalue weighted by Gasteiger charge is 2.29. The molecule has 0 radical (unpaired) electrons. The number of halogens is 2. The fourth-order valence-corrected chi connectivity index (χ4v) is 4.14. The Kier molecular flexibility index (Phi) is 9.92. The van der Waals surface area contributed by atoms with Crippen molar-refractivity contribution in [2.75, 3.05) is 32.6 Å². The highest BCUT2D eigenvalue weighted by molar-refractivity contribution is 5.96. The third kappa shape index (κ3) is 8.40. The van der Waals surface area contributed by atoms with E-state index in [1.807, 2.05) is 50.5 Å². The lowest BCUT2D eigenvalue weighted by molar-refractivity contribution is -0.121. The van der Waals surface area contributed by atoms with Crippen LogP contribution in [0.3, 0.4) is 0 Å². The van der Waals surface area contributed by atoms with Crippen LogP contribution in [0.1, 0.15) is 24.7 Å². The zero-order valence-corrected chi connectivity index (χ0v) is 23.6. The van der Waals surface area contributed by atoms with Gasteiger partial charge >= 0.3 is 5.92 Å². The number of hydrogen-bond donors (Lipinski definition) is 3. The number of anilines is 1. The average molecular weight is 578 g/mol. The van der Waals surface area contributed by atoms with Crippen LogP contribution >= 0.6 is 0 Å². The Morgan fingerprint density at radius 1 is 1.10 bits per heavy atom. The maximum atomic E-state index is 13.5. The summed E-state index contributed by atoms with van der Waals surface area (Å²) >= 11 is 0. The van der Waals surface area contributed by atoms with Crippen LogP contribution in [0.2, 0.25) is 0 Å². The first-order valence-electron chi connectivity index (χ1n) is 13.4. The lowest BCUT2D eigenvalue weighted by Crippen LogP contribution is -2.41. The van der Waals surface area contributed by atoms with Crippen molar-refractivity contribution in [3.8, 4) is 28.4 Å². The number of ether oxygens (including phenoxy) is 1. The Labute approximate surface area is 242 Å². The fraction of sp³-hybridized carbons (Fsp3) is 0.300. The first-order chi connectivity index (χ1) is 20.1. The van der Waals surface area contributed by atoms with E-state index in [1.54, 1.807) is 30.5 Å². The van der Waals surface area contributed by atoms with Gasteiger partial charge in [-0.3, -0.25) is 14.7 Å². The minimum atomic E-state index is -3.14. The third-order valence-corrected chi connectivity index (χ3v) is 6.33. The average Bonchev–Trinajstić information content (AvgIpc) is 3.47. The SMILES string of the molecule is CN(C)CCCOc1ccc(-c2cccc(C[C@H](NC=O)C(=O)Nc3ccc(-c4n[nH]c(C(C)(F)F)n4)cc3)c2)cn1. The second-order valence-electron chi connectivity index (χ2n) is 10.1. The molecule has 4 aromatic rings. The summed E-state index contributed by atoms with van der Waals surface area (Å²) in [5.74, 6) is -3.41. The Bertz CT molecular complexity index is 1470. The number of rotatable bonds is 14. The highest BCUT2D eigenvalue weighted by Crippen LogP contribution is 2.26. The number of aromatic amines is 1. The third-order valence-electron chi connectivity index (χ3n) is 6.33. The van der Waals surface area contributed by atoms with Gasteiger partial charge in [0.15, 0.2) is 11.6 Å². The molecule has 0 aliphatic heterocycles. The Balaban J connectivity index is 1.38. The summed E-state index contributed by atoms with van der Waals surface area (Å²) in [6.07, 6.45) is 3.38. The Morgan fingerprint density at radius 3 is 2.50 bits per heavy atom. The quantitative estimate of drug-likeness (QED) is 0.151. The van der Waals surface area contributed by atoms with Crippen molar-refractivity contribution in [1.82, 2.24) is 30.4 Å². The van der Waals surface area contributed by atoms with Gasteiger partial charge in [-0.2, -0.15) is 13.9 Å². The van der Waals surface area contributed by atoms with E-state index >= 15 is 0 Å². The molecule has 0 saturated carbocycles. The largest absolute Gasteiger partial charge is 0.478 e. The van der Waals surface area contributed by atoms with Gasteiger partial charge in [0.05, 0.1) is 6.61 Å². The molecule has 220 valence electrons. The molecule has 3 N–H and O–H groups in total. The molecule has 12 heteroatoms. The lowest BCUT2D eigenvalue weighted by atomic mass is 10.00. The molecule has 1 atom stereocenters. The molecule has 42 heavy (non-hydrogen) atoms. The van der Waals surface area contributed by atoms with Crippen molar-refractivity contribution in [2.45, 2.75) is 31.7 Å². The van der Waals surface area contributed by atoms with Gasteiger partial charge in [0.2, 0.25) is 18.2 Å². The smallest absolute Gasteiger partial charge is 0.303 e. The molecule has 10 nitrogen and oxygen atoms in total. The molecule has 4 rings (SSSR count). The first-order valence-corrected chi connectivity index (χ1v) is 13.4. The van der Waals surface area contributed by atoms with Crippen molar-refractivity contribution in [3.63, 3.8) is 0 Å². The van der Waals surface area contributed by atoms with E-state index in [2.05, 4.69) is 35.7 Å². The number of nitrogens with zero attached hydrogens (tertiary/aromatic N) is 4. The van der Waals surface area contributed by atoms with Crippen LogP contribution in [0.4, 0.5) is 14.5 Å². The van der Waals surface area contributed by atoms with Crippen LogP contribution in [0.25, 0.3) is 22.5 Å². The van der Waals surface area contributed by atoms with E-state index in [0.29, 0.717) is 30.1 Å². The van der Waals surface area contributed by atoms with Crippen molar-refractivity contribution in [3.05, 3.63) is 78.2 Å². The molecule has 2 aromatic carbocycles. The number of carbonyl (C=O) groups excluding carboxylic acids is 2. The maximum Gasteiger partial charge on any atom is 0.303 e. The van der Waals surface area contributed by atoms with Crippen LogP contribution in [-0.4, -0.2) is 70.7 Å². The molecule has 2 amide bonds. The van der Waals surface area contributed by atoms with Crippen molar-refractivity contribution < 1.29 is 23.1 Å². The molecule has 0 aliphatic rings. The van der Waals surface area contributed by atoms with E-state index in [1.165, 1.54) is 0 Å². The van der Waals surface area contributed by atoms with Crippen LogP contribution in [0.15, 0.2) is 66.9 Å². The molecular formula is C30H33F2N7O3. The van der Waals surface area contributed by atoms with Gasteiger partial charge in [0.1, 0.15) is 6.04 Å². The van der Waals surface area contributed by atoms with Gasteiger partial charge in [0.25, 0.3) is 0 Å². The molecule has 0 aliphatic carbocycles. The van der Waals surface area contributed by atoms with Gasteiger partial charge < -0.3 is 20.3 Å². The predicted molar refractivity (Wildman–Crippen MR) is 155 cm³/mol. The number of hydrogen-bond acceptors (Lipinski definition) is 7. The van der Waals surface area contributed by atoms with E-state index in [4.69, 9.17) is 4.74 Å². The van der Waals surface area contributed by atoms with Crippen LogP contribution in [-0.2, 0) is 21.9 Å². The Hall–Kier alpha value is -4.71. The summed E-state index contributed by atoms with van der Waals surface area (Å²) in [6, 6.07) is 17.0. The first kappa shape index (κ1) is 30.3. The molecular weight excluding hydrogens is 544 g/mol. The predicted octanol–water partition coefficient (Wildman–Crippen LogP) is 4.27. The summed E-state index contributed by atoms with van der Waals surface area (Å²) in [5.41, 5.74) is 3.60. The maximum absolute atomic E-state index is 13.5. The van der Waals surface area contributed by atoms with Crippen LogP contribution < -0.4 is 15.4 Å². The molecule has 2 heterocycles. The van der Waals surface area contributed by atoms with Crippen molar-refractivity contribution in [2.24, 2.45) is 0 Å². The second kappa shape index (κ2) is 13.8. The van der Waals surface area contributed by atoms with Crippen molar-refractivity contribution in [1.29, 1.82) is 0 Å². The fourth-order valence-electron chi connectivity index (χ4n) is 4.14. The van der Waals surface area contributed by atoms with Gasteiger partial charge in [0, 0.05) is 49.0 Å². The number of nitrogens with one attached hydrogen (secondary N) is 3. The van der Waals surface area contributed by atoms with E-state index in [9.17, 15) is 18.4 Å². The van der Waals surface area contributed by atoms with Crippen LogP contribution in [0.5, 0.6) is 5.88 Å². The minimum absolute atomic E-state index is 0.113. The highest BCUT2D eigenvalue weighted by atomic mass is 19.3. The second-order valence-corrected chi connectivity index (χ2v) is 10.1. The number of alkyl halides is 2. The number of aromatic nitrogens is 4. The van der Waals surface area contributed by atoms with E-state index in [-0.39, 0.29) is 12.2 Å². The molecule has 0 spiro atoms. The number of pyridine rings is 1. The van der Waals surface area contributed by atoms with E-state index in [0.717, 1.165) is 36.6 Å². The molecule has 0 fully saturated rings. The summed E-state index contributed by atoms with van der Waals surface area (Å²) < 4.78 is 32.6. The number of carbonyl (C=O) groups is 2. The van der Waals surface area contributed by atoms with Gasteiger partial charge in [-0.15, -0.1) is 0 Å². The normalized spacial score (nSPS) is 12.1. The van der Waals surface area contributed by atoms with Gasteiger partial charge in [-0.1, -0.05) is 24.3 Å². The minimum Gasteiger partial charge on any atom is -0.478 e.